The first kappa shape index (κ1) is 19.4. The summed E-state index contributed by atoms with van der Waals surface area (Å²) >= 11 is 1.52. The Bertz CT molecular complexity index is 574. The molecule has 2 saturated heterocycles. The number of nitrogens with zero attached hydrogens (tertiary/aromatic N) is 6. The van der Waals surface area contributed by atoms with Crippen molar-refractivity contribution >= 4 is 22.6 Å². The lowest BCUT2D eigenvalue weighted by Gasteiger charge is -2.36. The molecule has 0 bridgehead atoms. The summed E-state index contributed by atoms with van der Waals surface area (Å²) in [5.74, 6) is 2.63. The molecule has 1 aromatic rings. The fourth-order valence-corrected chi connectivity index (χ4v) is 4.50. The molecule has 3 heterocycles. The number of rotatable bonds is 6. The van der Waals surface area contributed by atoms with E-state index < -0.39 is 0 Å². The molecule has 1 atom stereocenters. The van der Waals surface area contributed by atoms with Crippen LogP contribution in [0.2, 0.25) is 0 Å². The van der Waals surface area contributed by atoms with Gasteiger partial charge in [-0.2, -0.15) is 4.37 Å². The molecule has 2 aliphatic rings. The summed E-state index contributed by atoms with van der Waals surface area (Å²) in [6.45, 7) is 13.0. The molecule has 0 spiro atoms. The SMILES string of the molecule is CCc1nsc(N2CCN(C(=NC)NCC(C)CN3CCCC3)CC2)n1. The van der Waals surface area contributed by atoms with E-state index >= 15 is 0 Å². The molecule has 26 heavy (non-hydrogen) atoms. The van der Waals surface area contributed by atoms with Gasteiger partial charge in [-0.3, -0.25) is 4.99 Å². The molecule has 7 nitrogen and oxygen atoms in total. The van der Waals surface area contributed by atoms with Crippen molar-refractivity contribution in [3.63, 3.8) is 0 Å². The molecule has 0 saturated carbocycles. The van der Waals surface area contributed by atoms with Crippen molar-refractivity contribution in [2.24, 2.45) is 10.9 Å². The van der Waals surface area contributed by atoms with Gasteiger partial charge in [0.25, 0.3) is 0 Å². The normalized spacial score (nSPS) is 20.7. The van der Waals surface area contributed by atoms with Crippen LogP contribution in [0.25, 0.3) is 0 Å². The van der Waals surface area contributed by atoms with Crippen LogP contribution in [0.5, 0.6) is 0 Å². The Labute approximate surface area is 161 Å². The van der Waals surface area contributed by atoms with E-state index in [-0.39, 0.29) is 0 Å². The number of hydrogen-bond acceptors (Lipinski definition) is 6. The zero-order valence-corrected chi connectivity index (χ0v) is 17.3. The van der Waals surface area contributed by atoms with Gasteiger partial charge < -0.3 is 20.0 Å². The van der Waals surface area contributed by atoms with Crippen molar-refractivity contribution in [2.75, 3.05) is 64.3 Å². The predicted molar refractivity (Wildman–Crippen MR) is 109 cm³/mol. The summed E-state index contributed by atoms with van der Waals surface area (Å²) in [5, 5.41) is 4.65. The van der Waals surface area contributed by atoms with Crippen LogP contribution in [0.4, 0.5) is 5.13 Å². The van der Waals surface area contributed by atoms with Crippen molar-refractivity contribution < 1.29 is 0 Å². The fraction of sp³-hybridized carbons (Fsp3) is 0.833. The number of anilines is 1. The first-order valence-electron chi connectivity index (χ1n) is 9.95. The van der Waals surface area contributed by atoms with Gasteiger partial charge in [-0.15, -0.1) is 0 Å². The number of piperazine rings is 1. The Kier molecular flexibility index (Phi) is 7.07. The number of aliphatic imine (C=N–C) groups is 1. The quantitative estimate of drug-likeness (QED) is 0.597. The number of hydrogen-bond donors (Lipinski definition) is 1. The molecule has 1 N–H and O–H groups in total. The minimum atomic E-state index is 0.639. The third kappa shape index (κ3) is 5.07. The highest BCUT2D eigenvalue weighted by Crippen LogP contribution is 2.19. The van der Waals surface area contributed by atoms with Crippen LogP contribution in [-0.4, -0.2) is 84.5 Å². The number of aromatic nitrogens is 2. The van der Waals surface area contributed by atoms with Gasteiger partial charge in [0.1, 0.15) is 5.82 Å². The van der Waals surface area contributed by atoms with Gasteiger partial charge in [-0.25, -0.2) is 4.98 Å². The third-order valence-electron chi connectivity index (χ3n) is 5.21. The van der Waals surface area contributed by atoms with Crippen LogP contribution in [0.15, 0.2) is 4.99 Å². The summed E-state index contributed by atoms with van der Waals surface area (Å²) < 4.78 is 4.41. The van der Waals surface area contributed by atoms with Crippen LogP contribution in [-0.2, 0) is 6.42 Å². The van der Waals surface area contributed by atoms with Gasteiger partial charge in [0.2, 0.25) is 5.13 Å². The topological polar surface area (TPSA) is 59.9 Å². The van der Waals surface area contributed by atoms with Crippen molar-refractivity contribution in [1.82, 2.24) is 24.5 Å². The first-order valence-corrected chi connectivity index (χ1v) is 10.7. The second kappa shape index (κ2) is 9.50. The van der Waals surface area contributed by atoms with E-state index in [1.54, 1.807) is 0 Å². The third-order valence-corrected chi connectivity index (χ3v) is 6.03. The summed E-state index contributed by atoms with van der Waals surface area (Å²) in [6.07, 6.45) is 3.63. The zero-order chi connectivity index (χ0) is 18.4. The number of guanidine groups is 1. The highest BCUT2D eigenvalue weighted by atomic mass is 32.1. The number of nitrogens with one attached hydrogen (secondary N) is 1. The first-order chi connectivity index (χ1) is 12.7. The lowest BCUT2D eigenvalue weighted by atomic mass is 10.1. The molecule has 3 rings (SSSR count). The standard InChI is InChI=1S/C18H33N7S/c1-4-16-21-18(26-22-16)25-11-9-24(10-12-25)17(19-3)20-13-15(2)14-23-7-5-6-8-23/h15H,4-14H2,1-3H3,(H,19,20). The van der Waals surface area contributed by atoms with Gasteiger partial charge in [-0.1, -0.05) is 13.8 Å². The molecule has 0 amide bonds. The maximum absolute atomic E-state index is 4.62. The lowest BCUT2D eigenvalue weighted by molar-refractivity contribution is 0.285. The van der Waals surface area contributed by atoms with Crippen LogP contribution in [0.3, 0.4) is 0 Å². The van der Waals surface area contributed by atoms with Crippen LogP contribution in [0, 0.1) is 5.92 Å². The minimum Gasteiger partial charge on any atom is -0.356 e. The second-order valence-corrected chi connectivity index (χ2v) is 8.09. The molecule has 146 valence electrons. The lowest BCUT2D eigenvalue weighted by Crippen LogP contribution is -2.53. The Morgan fingerprint density at radius 1 is 1.19 bits per heavy atom. The Balaban J connectivity index is 1.43. The average molecular weight is 380 g/mol. The molecule has 8 heteroatoms. The van der Waals surface area contributed by atoms with Crippen molar-refractivity contribution in [1.29, 1.82) is 0 Å². The zero-order valence-electron chi connectivity index (χ0n) is 16.4. The molecular weight excluding hydrogens is 346 g/mol. The monoisotopic (exact) mass is 379 g/mol. The number of aryl methyl sites for hydroxylation is 1. The van der Waals surface area contributed by atoms with Crippen LogP contribution in [0.1, 0.15) is 32.5 Å². The van der Waals surface area contributed by atoms with Gasteiger partial charge in [0.15, 0.2) is 5.96 Å². The average Bonchev–Trinajstić information content (AvgIpc) is 3.34. The molecule has 2 aliphatic heterocycles. The Morgan fingerprint density at radius 3 is 2.54 bits per heavy atom. The van der Waals surface area contributed by atoms with Gasteiger partial charge in [0, 0.05) is 64.3 Å². The summed E-state index contributed by atoms with van der Waals surface area (Å²) in [4.78, 5) is 16.4. The molecule has 0 aromatic carbocycles. The van der Waals surface area contributed by atoms with Gasteiger partial charge in [-0.05, 0) is 31.8 Å². The smallest absolute Gasteiger partial charge is 0.205 e. The van der Waals surface area contributed by atoms with E-state index in [0.717, 1.165) is 56.1 Å². The van der Waals surface area contributed by atoms with E-state index in [4.69, 9.17) is 0 Å². The largest absolute Gasteiger partial charge is 0.356 e. The van der Waals surface area contributed by atoms with Crippen molar-refractivity contribution in [3.05, 3.63) is 5.82 Å². The minimum absolute atomic E-state index is 0.639. The molecule has 0 aliphatic carbocycles. The predicted octanol–water partition coefficient (Wildman–Crippen LogP) is 1.53. The van der Waals surface area contributed by atoms with Gasteiger partial charge in [0.05, 0.1) is 0 Å². The van der Waals surface area contributed by atoms with E-state index in [1.165, 1.54) is 44.0 Å². The fourth-order valence-electron chi connectivity index (χ4n) is 3.69. The highest BCUT2D eigenvalue weighted by Gasteiger charge is 2.22. The van der Waals surface area contributed by atoms with Gasteiger partial charge >= 0.3 is 0 Å². The molecule has 1 unspecified atom stereocenters. The Hall–Kier alpha value is -1.41. The van der Waals surface area contributed by atoms with E-state index in [9.17, 15) is 0 Å². The molecule has 1 aromatic heterocycles. The highest BCUT2D eigenvalue weighted by molar-refractivity contribution is 7.09. The molecular formula is C18H33N7S. The van der Waals surface area contributed by atoms with Crippen molar-refractivity contribution in [2.45, 2.75) is 33.1 Å². The Morgan fingerprint density at radius 2 is 1.92 bits per heavy atom. The number of likely N-dealkylation sites (tertiary alicyclic amines) is 1. The maximum Gasteiger partial charge on any atom is 0.205 e. The van der Waals surface area contributed by atoms with Crippen molar-refractivity contribution in [3.8, 4) is 0 Å². The summed E-state index contributed by atoms with van der Waals surface area (Å²) in [6, 6.07) is 0. The van der Waals surface area contributed by atoms with Crippen LogP contribution < -0.4 is 10.2 Å². The van der Waals surface area contributed by atoms with Crippen LogP contribution >= 0.6 is 11.5 Å². The van der Waals surface area contributed by atoms with E-state index in [0.29, 0.717) is 5.92 Å². The molecule has 2 fully saturated rings. The van der Waals surface area contributed by atoms with E-state index in [1.807, 2.05) is 7.05 Å². The van der Waals surface area contributed by atoms with E-state index in [2.05, 4.69) is 48.2 Å². The summed E-state index contributed by atoms with van der Waals surface area (Å²) in [7, 11) is 1.89. The second-order valence-electron chi connectivity index (χ2n) is 7.36. The maximum atomic E-state index is 4.62. The molecule has 0 radical (unpaired) electrons. The summed E-state index contributed by atoms with van der Waals surface area (Å²) in [5.41, 5.74) is 0.